The summed E-state index contributed by atoms with van der Waals surface area (Å²) in [5, 5.41) is 6.75. The number of hydrogen-bond acceptors (Lipinski definition) is 3. The molecule has 0 saturated heterocycles. The van der Waals surface area contributed by atoms with Gasteiger partial charge in [0, 0.05) is 11.6 Å². The molecule has 0 aliphatic rings. The summed E-state index contributed by atoms with van der Waals surface area (Å²) in [4.78, 5) is 7.57. The molecule has 2 heterocycles. The van der Waals surface area contributed by atoms with Gasteiger partial charge >= 0.3 is 6.18 Å². The fourth-order valence-electron chi connectivity index (χ4n) is 2.65. The number of nitrogens with zero attached hydrogens (tertiary/aromatic N) is 2. The zero-order chi connectivity index (χ0) is 18.1. The fraction of sp³-hybridized carbons (Fsp3) is 0.111. The van der Waals surface area contributed by atoms with Crippen LogP contribution in [0.25, 0.3) is 22.6 Å². The van der Waals surface area contributed by atoms with E-state index in [-0.39, 0.29) is 18.1 Å². The van der Waals surface area contributed by atoms with E-state index in [4.69, 9.17) is 4.74 Å². The van der Waals surface area contributed by atoms with Gasteiger partial charge in [-0.25, -0.2) is 4.98 Å². The number of alkyl halides is 3. The maximum absolute atomic E-state index is 13.0. The molecule has 0 radical (unpaired) electrons. The van der Waals surface area contributed by atoms with E-state index in [1.54, 1.807) is 6.07 Å². The number of para-hydroxylation sites is 2. The van der Waals surface area contributed by atoms with E-state index in [0.717, 1.165) is 17.1 Å². The lowest BCUT2D eigenvalue weighted by Gasteiger charge is -2.12. The van der Waals surface area contributed by atoms with Gasteiger partial charge in [0.15, 0.2) is 5.82 Å². The molecular formula is C18H13F3N4O. The van der Waals surface area contributed by atoms with Crippen LogP contribution in [0.2, 0.25) is 0 Å². The van der Waals surface area contributed by atoms with Crippen molar-refractivity contribution < 1.29 is 17.9 Å². The summed E-state index contributed by atoms with van der Waals surface area (Å²) in [6, 6.07) is 14.4. The van der Waals surface area contributed by atoms with Gasteiger partial charge in [-0.05, 0) is 18.2 Å². The molecule has 0 amide bonds. The lowest BCUT2D eigenvalue weighted by molar-refractivity contribution is -0.138. The molecule has 26 heavy (non-hydrogen) atoms. The van der Waals surface area contributed by atoms with Crippen LogP contribution in [0.3, 0.4) is 0 Å². The molecule has 5 nitrogen and oxygen atoms in total. The first-order valence-corrected chi connectivity index (χ1v) is 7.79. The highest BCUT2D eigenvalue weighted by molar-refractivity contribution is 5.78. The Hall–Kier alpha value is -3.29. The number of benzene rings is 2. The molecule has 2 N–H and O–H groups in total. The number of imidazole rings is 1. The molecule has 4 rings (SSSR count). The number of aromatic amines is 2. The van der Waals surface area contributed by atoms with Crippen molar-refractivity contribution in [2.75, 3.05) is 0 Å². The van der Waals surface area contributed by atoms with Crippen LogP contribution in [0.4, 0.5) is 13.2 Å². The summed E-state index contributed by atoms with van der Waals surface area (Å²) in [5.41, 5.74) is 1.60. The van der Waals surface area contributed by atoms with E-state index in [1.807, 2.05) is 24.3 Å². The molecule has 0 bridgehead atoms. The van der Waals surface area contributed by atoms with Crippen LogP contribution < -0.4 is 4.74 Å². The molecule has 0 unspecified atom stereocenters. The first-order valence-electron chi connectivity index (χ1n) is 7.79. The van der Waals surface area contributed by atoms with Crippen molar-refractivity contribution in [3.05, 3.63) is 65.7 Å². The Labute approximate surface area is 145 Å². The Morgan fingerprint density at radius 2 is 1.77 bits per heavy atom. The highest BCUT2D eigenvalue weighted by Gasteiger charge is 2.33. The first-order chi connectivity index (χ1) is 12.5. The average Bonchev–Trinajstić information content (AvgIpc) is 3.26. The largest absolute Gasteiger partial charge is 0.472 e. The summed E-state index contributed by atoms with van der Waals surface area (Å²) in [7, 11) is 0. The average molecular weight is 358 g/mol. The molecule has 2 aromatic heterocycles. The number of nitrogens with one attached hydrogen (secondary N) is 2. The lowest BCUT2D eigenvalue weighted by atomic mass is 10.1. The van der Waals surface area contributed by atoms with E-state index in [2.05, 4.69) is 20.2 Å². The molecule has 0 spiro atoms. The zero-order valence-corrected chi connectivity index (χ0v) is 13.3. The molecule has 0 saturated carbocycles. The number of hydrogen-bond donors (Lipinski definition) is 2. The van der Waals surface area contributed by atoms with Crippen molar-refractivity contribution >= 4 is 11.0 Å². The molecule has 0 atom stereocenters. The predicted octanol–water partition coefficient (Wildman–Crippen LogP) is 4.55. The molecule has 0 fully saturated rings. The highest BCUT2D eigenvalue weighted by Crippen LogP contribution is 2.32. The van der Waals surface area contributed by atoms with Gasteiger partial charge in [0.05, 0.1) is 16.6 Å². The van der Waals surface area contributed by atoms with Crippen LogP contribution in [0.1, 0.15) is 11.1 Å². The summed E-state index contributed by atoms with van der Waals surface area (Å²) in [6.45, 7) is -0.236. The van der Waals surface area contributed by atoms with Crippen LogP contribution in [-0.4, -0.2) is 20.2 Å². The van der Waals surface area contributed by atoms with E-state index < -0.39 is 11.7 Å². The van der Waals surface area contributed by atoms with E-state index in [1.165, 1.54) is 18.2 Å². The Bertz CT molecular complexity index is 1020. The van der Waals surface area contributed by atoms with Crippen molar-refractivity contribution in [1.82, 2.24) is 20.2 Å². The van der Waals surface area contributed by atoms with E-state index in [0.29, 0.717) is 11.5 Å². The normalized spacial score (nSPS) is 11.8. The van der Waals surface area contributed by atoms with Crippen LogP contribution >= 0.6 is 0 Å². The summed E-state index contributed by atoms with van der Waals surface area (Å²) in [6.07, 6.45) is -4.43. The maximum Gasteiger partial charge on any atom is 0.416 e. The van der Waals surface area contributed by atoms with Gasteiger partial charge in [-0.3, -0.25) is 5.10 Å². The van der Waals surface area contributed by atoms with Crippen LogP contribution in [-0.2, 0) is 12.8 Å². The molecule has 0 aliphatic carbocycles. The Kier molecular flexibility index (Phi) is 3.87. The topological polar surface area (TPSA) is 66.6 Å². The van der Waals surface area contributed by atoms with Gasteiger partial charge in [-0.15, -0.1) is 5.10 Å². The standard InChI is InChI=1S/C18H13F3N4O/c19-18(20,21)12-6-2-1-5-11(12)10-26-16-9-15(24-25-16)17-22-13-7-3-4-8-14(13)23-17/h1-9H,10H2,(H,22,23)(H,24,25). The molecular weight excluding hydrogens is 345 g/mol. The number of fused-ring (bicyclic) bond motifs is 1. The highest BCUT2D eigenvalue weighted by atomic mass is 19.4. The SMILES string of the molecule is FC(F)(F)c1ccccc1COc1cc(-c2nc3ccccc3[nH]2)[nH]n1. The second-order valence-corrected chi connectivity index (χ2v) is 5.67. The van der Waals surface area contributed by atoms with Crippen LogP contribution in [0, 0.1) is 0 Å². The quantitative estimate of drug-likeness (QED) is 0.562. The number of H-pyrrole nitrogens is 2. The second kappa shape index (κ2) is 6.21. The van der Waals surface area contributed by atoms with Crippen molar-refractivity contribution in [3.63, 3.8) is 0 Å². The van der Waals surface area contributed by atoms with Gasteiger partial charge in [-0.1, -0.05) is 30.3 Å². The molecule has 8 heteroatoms. The van der Waals surface area contributed by atoms with Crippen LogP contribution in [0.5, 0.6) is 5.88 Å². The Morgan fingerprint density at radius 3 is 2.58 bits per heavy atom. The molecule has 0 aliphatic heterocycles. The molecule has 4 aromatic rings. The van der Waals surface area contributed by atoms with Gasteiger partial charge < -0.3 is 9.72 Å². The Balaban J connectivity index is 1.53. The third kappa shape index (κ3) is 3.13. The third-order valence-electron chi connectivity index (χ3n) is 3.90. The van der Waals surface area contributed by atoms with Crippen molar-refractivity contribution in [2.24, 2.45) is 0 Å². The van der Waals surface area contributed by atoms with Crippen molar-refractivity contribution in [2.45, 2.75) is 12.8 Å². The minimum Gasteiger partial charge on any atom is -0.472 e. The zero-order valence-electron chi connectivity index (χ0n) is 13.3. The molecule has 2 aromatic carbocycles. The number of halogens is 3. The lowest BCUT2D eigenvalue weighted by Crippen LogP contribution is -2.10. The number of ether oxygens (including phenoxy) is 1. The van der Waals surface area contributed by atoms with E-state index in [9.17, 15) is 13.2 Å². The third-order valence-corrected chi connectivity index (χ3v) is 3.90. The van der Waals surface area contributed by atoms with Crippen LogP contribution in [0.15, 0.2) is 54.6 Å². The van der Waals surface area contributed by atoms with Gasteiger partial charge in [0.1, 0.15) is 12.3 Å². The number of aromatic nitrogens is 4. The maximum atomic E-state index is 13.0. The first kappa shape index (κ1) is 16.2. The smallest absolute Gasteiger partial charge is 0.416 e. The Morgan fingerprint density at radius 1 is 1.00 bits per heavy atom. The van der Waals surface area contributed by atoms with Crippen molar-refractivity contribution in [3.8, 4) is 17.4 Å². The summed E-state index contributed by atoms with van der Waals surface area (Å²) >= 11 is 0. The van der Waals surface area contributed by atoms with Gasteiger partial charge in [-0.2, -0.15) is 13.2 Å². The molecule has 132 valence electrons. The number of rotatable bonds is 4. The minimum atomic E-state index is -4.43. The fourth-order valence-corrected chi connectivity index (χ4v) is 2.65. The van der Waals surface area contributed by atoms with Crippen molar-refractivity contribution in [1.29, 1.82) is 0 Å². The minimum absolute atomic E-state index is 0.0493. The predicted molar refractivity (Wildman–Crippen MR) is 89.5 cm³/mol. The van der Waals surface area contributed by atoms with E-state index >= 15 is 0 Å². The summed E-state index contributed by atoms with van der Waals surface area (Å²) in [5.74, 6) is 0.765. The van der Waals surface area contributed by atoms with Gasteiger partial charge in [0.2, 0.25) is 5.88 Å². The monoisotopic (exact) mass is 358 g/mol. The summed E-state index contributed by atoms with van der Waals surface area (Å²) < 4.78 is 44.5. The second-order valence-electron chi connectivity index (χ2n) is 5.67. The van der Waals surface area contributed by atoms with Gasteiger partial charge in [0.25, 0.3) is 0 Å².